The van der Waals surface area contributed by atoms with Gasteiger partial charge in [0, 0.05) is 29.9 Å². The molecule has 2 heterocycles. The third kappa shape index (κ3) is 4.77. The van der Waals surface area contributed by atoms with E-state index in [2.05, 4.69) is 15.5 Å². The number of hydrogen-bond donors (Lipinski definition) is 2. The molecule has 0 aliphatic carbocycles. The first-order valence-electron chi connectivity index (χ1n) is 9.81. The second-order valence-electron chi connectivity index (χ2n) is 7.32. The molecule has 1 aliphatic heterocycles. The number of rotatable bonds is 7. The van der Waals surface area contributed by atoms with Gasteiger partial charge < -0.3 is 24.4 Å². The SMILES string of the molecule is CN(C)CCOc1cc(-c2cn[nH]c2)c(F)cc1NC(=O)[C@H]1COc2ccccc2O1. The lowest BCUT2D eigenvalue weighted by atomic mass is 10.1. The molecule has 31 heavy (non-hydrogen) atoms. The molecule has 0 unspecified atom stereocenters. The van der Waals surface area contributed by atoms with Crippen molar-refractivity contribution in [3.63, 3.8) is 0 Å². The Labute approximate surface area is 178 Å². The first-order valence-corrected chi connectivity index (χ1v) is 9.81. The van der Waals surface area contributed by atoms with Gasteiger partial charge in [0.1, 0.15) is 24.8 Å². The molecule has 3 aromatic rings. The molecule has 0 radical (unpaired) electrons. The molecule has 4 rings (SSSR count). The van der Waals surface area contributed by atoms with Gasteiger partial charge in [0.25, 0.3) is 5.91 Å². The number of halogens is 1. The van der Waals surface area contributed by atoms with Crippen molar-refractivity contribution in [1.29, 1.82) is 0 Å². The Morgan fingerprint density at radius 3 is 2.87 bits per heavy atom. The summed E-state index contributed by atoms with van der Waals surface area (Å²) in [5.74, 6) is 0.447. The summed E-state index contributed by atoms with van der Waals surface area (Å²) in [5, 5.41) is 9.25. The van der Waals surface area contributed by atoms with E-state index < -0.39 is 17.8 Å². The number of amides is 1. The Balaban J connectivity index is 1.56. The van der Waals surface area contributed by atoms with E-state index in [1.165, 1.54) is 12.3 Å². The van der Waals surface area contributed by atoms with Gasteiger partial charge in [0.15, 0.2) is 11.5 Å². The van der Waals surface area contributed by atoms with Gasteiger partial charge in [0.2, 0.25) is 6.10 Å². The summed E-state index contributed by atoms with van der Waals surface area (Å²) in [6, 6.07) is 9.91. The van der Waals surface area contributed by atoms with Gasteiger partial charge >= 0.3 is 0 Å². The van der Waals surface area contributed by atoms with Gasteiger partial charge in [-0.3, -0.25) is 9.89 Å². The number of para-hydroxylation sites is 2. The van der Waals surface area contributed by atoms with Crippen LogP contribution in [0.3, 0.4) is 0 Å². The smallest absolute Gasteiger partial charge is 0.269 e. The predicted molar refractivity (Wildman–Crippen MR) is 113 cm³/mol. The zero-order valence-corrected chi connectivity index (χ0v) is 17.2. The molecular weight excluding hydrogens is 403 g/mol. The zero-order valence-electron chi connectivity index (χ0n) is 17.2. The summed E-state index contributed by atoms with van der Waals surface area (Å²) in [4.78, 5) is 14.8. The van der Waals surface area contributed by atoms with Crippen molar-refractivity contribution in [1.82, 2.24) is 15.1 Å². The van der Waals surface area contributed by atoms with Crippen molar-refractivity contribution >= 4 is 11.6 Å². The number of nitrogens with zero attached hydrogens (tertiary/aromatic N) is 2. The van der Waals surface area contributed by atoms with Crippen molar-refractivity contribution in [2.24, 2.45) is 0 Å². The van der Waals surface area contributed by atoms with E-state index in [0.717, 1.165) is 0 Å². The Hall–Kier alpha value is -3.59. The van der Waals surface area contributed by atoms with E-state index in [1.807, 2.05) is 25.1 Å². The van der Waals surface area contributed by atoms with Gasteiger partial charge in [0.05, 0.1) is 11.9 Å². The van der Waals surface area contributed by atoms with Crippen LogP contribution in [0.25, 0.3) is 11.1 Å². The molecule has 0 saturated carbocycles. The highest BCUT2D eigenvalue weighted by molar-refractivity contribution is 5.96. The lowest BCUT2D eigenvalue weighted by Gasteiger charge is -2.26. The van der Waals surface area contributed by atoms with E-state index >= 15 is 0 Å². The summed E-state index contributed by atoms with van der Waals surface area (Å²) >= 11 is 0. The molecule has 1 aliphatic rings. The summed E-state index contributed by atoms with van der Waals surface area (Å²) in [6.07, 6.45) is 2.23. The number of nitrogens with one attached hydrogen (secondary N) is 2. The fourth-order valence-electron chi connectivity index (χ4n) is 3.09. The quantitative estimate of drug-likeness (QED) is 0.604. The van der Waals surface area contributed by atoms with E-state index in [4.69, 9.17) is 14.2 Å². The van der Waals surface area contributed by atoms with Gasteiger partial charge in [-0.15, -0.1) is 0 Å². The molecule has 2 aromatic carbocycles. The Kier molecular flexibility index (Phi) is 6.03. The molecule has 0 bridgehead atoms. The van der Waals surface area contributed by atoms with Crippen LogP contribution in [0.15, 0.2) is 48.8 Å². The normalized spacial score (nSPS) is 15.0. The molecule has 9 heteroatoms. The Morgan fingerprint density at radius 2 is 2.13 bits per heavy atom. The third-order valence-corrected chi connectivity index (χ3v) is 4.73. The van der Waals surface area contributed by atoms with Crippen LogP contribution < -0.4 is 19.5 Å². The van der Waals surface area contributed by atoms with Crippen molar-refractivity contribution < 1.29 is 23.4 Å². The van der Waals surface area contributed by atoms with Gasteiger partial charge in [-0.25, -0.2) is 4.39 Å². The van der Waals surface area contributed by atoms with Gasteiger partial charge in [-0.2, -0.15) is 5.10 Å². The molecule has 1 amide bonds. The van der Waals surface area contributed by atoms with Crippen molar-refractivity contribution in [2.45, 2.75) is 6.10 Å². The number of carbonyl (C=O) groups excluding carboxylic acids is 1. The molecular formula is C22H23FN4O4. The molecule has 162 valence electrons. The number of likely N-dealkylation sites (N-methyl/N-ethyl adjacent to an activating group) is 1. The van der Waals surface area contributed by atoms with Crippen LogP contribution in [0.5, 0.6) is 17.2 Å². The number of anilines is 1. The minimum absolute atomic E-state index is 0.0508. The second kappa shape index (κ2) is 9.05. The van der Waals surface area contributed by atoms with E-state index in [-0.39, 0.29) is 12.3 Å². The fraction of sp³-hybridized carbons (Fsp3) is 0.273. The number of aromatic nitrogens is 2. The standard InChI is InChI=1S/C22H23FN4O4/c1-27(2)7-8-29-20-9-15(14-11-24-25-12-14)16(23)10-17(20)26-22(28)21-13-30-18-5-3-4-6-19(18)31-21/h3-6,9-12,21H,7-8,13H2,1-2H3,(H,24,25)(H,26,28)/t21-/m1/s1. The highest BCUT2D eigenvalue weighted by Gasteiger charge is 2.28. The van der Waals surface area contributed by atoms with Crippen molar-refractivity contribution in [2.75, 3.05) is 39.2 Å². The number of hydrogen-bond acceptors (Lipinski definition) is 6. The molecule has 0 spiro atoms. The number of fused-ring (bicyclic) bond motifs is 1. The van der Waals surface area contributed by atoms with Crippen LogP contribution in [-0.4, -0.2) is 61.0 Å². The lowest BCUT2D eigenvalue weighted by molar-refractivity contribution is -0.125. The van der Waals surface area contributed by atoms with Crippen LogP contribution in [0.2, 0.25) is 0 Å². The molecule has 1 atom stereocenters. The summed E-state index contributed by atoms with van der Waals surface area (Å²) in [5.41, 5.74) is 1.11. The summed E-state index contributed by atoms with van der Waals surface area (Å²) in [6.45, 7) is 1.07. The van der Waals surface area contributed by atoms with E-state index in [1.54, 1.807) is 30.5 Å². The highest BCUT2D eigenvalue weighted by atomic mass is 19.1. The van der Waals surface area contributed by atoms with Crippen LogP contribution in [0, 0.1) is 5.82 Å². The van der Waals surface area contributed by atoms with Gasteiger partial charge in [-0.1, -0.05) is 12.1 Å². The number of benzene rings is 2. The molecule has 2 N–H and O–H groups in total. The van der Waals surface area contributed by atoms with Gasteiger partial charge in [-0.05, 0) is 32.3 Å². The maximum atomic E-state index is 14.8. The average Bonchev–Trinajstić information content (AvgIpc) is 3.29. The maximum Gasteiger partial charge on any atom is 0.269 e. The predicted octanol–water partition coefficient (Wildman–Crippen LogP) is 2.93. The first-order chi connectivity index (χ1) is 15.0. The number of carbonyl (C=O) groups is 1. The molecule has 8 nitrogen and oxygen atoms in total. The van der Waals surface area contributed by atoms with Crippen LogP contribution >= 0.6 is 0 Å². The van der Waals surface area contributed by atoms with Crippen molar-refractivity contribution in [3.8, 4) is 28.4 Å². The zero-order chi connectivity index (χ0) is 21.8. The fourth-order valence-corrected chi connectivity index (χ4v) is 3.09. The average molecular weight is 426 g/mol. The monoisotopic (exact) mass is 426 g/mol. The minimum atomic E-state index is -0.874. The first kappa shape index (κ1) is 20.7. The highest BCUT2D eigenvalue weighted by Crippen LogP contribution is 2.35. The van der Waals surface area contributed by atoms with Crippen molar-refractivity contribution in [3.05, 3.63) is 54.6 Å². The Morgan fingerprint density at radius 1 is 1.32 bits per heavy atom. The third-order valence-electron chi connectivity index (χ3n) is 4.73. The van der Waals surface area contributed by atoms with E-state index in [0.29, 0.717) is 41.5 Å². The summed E-state index contributed by atoms with van der Waals surface area (Å²) in [7, 11) is 3.84. The molecule has 0 saturated heterocycles. The molecule has 1 aromatic heterocycles. The van der Waals surface area contributed by atoms with Crippen LogP contribution in [-0.2, 0) is 4.79 Å². The topological polar surface area (TPSA) is 88.7 Å². The van der Waals surface area contributed by atoms with Crippen LogP contribution in [0.4, 0.5) is 10.1 Å². The van der Waals surface area contributed by atoms with E-state index in [9.17, 15) is 9.18 Å². The van der Waals surface area contributed by atoms with Crippen LogP contribution in [0.1, 0.15) is 0 Å². The number of ether oxygens (including phenoxy) is 3. The summed E-state index contributed by atoms with van der Waals surface area (Å²) < 4.78 is 32.0. The molecule has 0 fully saturated rings. The lowest BCUT2D eigenvalue weighted by Crippen LogP contribution is -2.40. The number of H-pyrrole nitrogens is 1. The number of aromatic amines is 1. The second-order valence-corrected chi connectivity index (χ2v) is 7.32. The minimum Gasteiger partial charge on any atom is -0.490 e. The maximum absolute atomic E-state index is 14.8. The largest absolute Gasteiger partial charge is 0.490 e. The Bertz CT molecular complexity index is 1060.